The van der Waals surface area contributed by atoms with Gasteiger partial charge >= 0.3 is 5.97 Å². The van der Waals surface area contributed by atoms with Crippen LogP contribution in [-0.4, -0.2) is 64.5 Å². The van der Waals surface area contributed by atoms with Gasteiger partial charge < -0.3 is 14.9 Å². The van der Waals surface area contributed by atoms with Gasteiger partial charge in [-0.25, -0.2) is 0 Å². The number of hydrogen-bond donors (Lipinski definition) is 2. The van der Waals surface area contributed by atoms with Crippen LogP contribution in [-0.2, 0) is 16.0 Å². The molecule has 2 fully saturated rings. The molecule has 3 heterocycles. The van der Waals surface area contributed by atoms with Gasteiger partial charge in [-0.05, 0) is 31.5 Å². The largest absolute Gasteiger partial charge is 0.481 e. The summed E-state index contributed by atoms with van der Waals surface area (Å²) >= 11 is 0. The van der Waals surface area contributed by atoms with Crippen LogP contribution in [0.3, 0.4) is 0 Å². The summed E-state index contributed by atoms with van der Waals surface area (Å²) in [5.41, 5.74) is 1.27. The van der Waals surface area contributed by atoms with Gasteiger partial charge in [0.1, 0.15) is 0 Å². The first-order valence-corrected chi connectivity index (χ1v) is 9.24. The highest BCUT2D eigenvalue weighted by atomic mass is 16.5. The van der Waals surface area contributed by atoms with Crippen molar-refractivity contribution < 1.29 is 19.7 Å². The van der Waals surface area contributed by atoms with Gasteiger partial charge in [-0.2, -0.15) is 0 Å². The van der Waals surface area contributed by atoms with Crippen molar-refractivity contribution in [2.75, 3.05) is 32.8 Å². The third kappa shape index (κ3) is 5.23. The number of carbonyl (C=O) groups is 1. The van der Waals surface area contributed by atoms with Crippen molar-refractivity contribution in [3.05, 3.63) is 29.6 Å². The first-order valence-electron chi connectivity index (χ1n) is 9.24. The molecule has 0 aliphatic carbocycles. The molecular weight excluding hydrogens is 320 g/mol. The van der Waals surface area contributed by atoms with Crippen LogP contribution in [0.5, 0.6) is 0 Å². The molecule has 2 aliphatic rings. The molecule has 0 saturated carbocycles. The molecule has 2 aliphatic heterocycles. The Morgan fingerprint density at radius 3 is 2.92 bits per heavy atom. The number of aryl methyl sites for hydroxylation is 1. The van der Waals surface area contributed by atoms with Crippen molar-refractivity contribution in [3.63, 3.8) is 0 Å². The Labute approximate surface area is 148 Å². The number of aliphatic hydroxyl groups is 1. The molecule has 3 rings (SSSR count). The number of rotatable bonds is 6. The second-order valence-electron chi connectivity index (χ2n) is 7.36. The van der Waals surface area contributed by atoms with E-state index in [1.165, 1.54) is 0 Å². The zero-order chi connectivity index (χ0) is 17.7. The molecule has 138 valence electrons. The van der Waals surface area contributed by atoms with Crippen LogP contribution in [0.2, 0.25) is 0 Å². The molecule has 25 heavy (non-hydrogen) atoms. The molecule has 1 aromatic heterocycles. The van der Waals surface area contributed by atoms with Gasteiger partial charge in [0, 0.05) is 62.9 Å². The van der Waals surface area contributed by atoms with Gasteiger partial charge in [0.25, 0.3) is 0 Å². The molecule has 0 radical (unpaired) electrons. The number of nitrogens with zero attached hydrogens (tertiary/aromatic N) is 2. The number of aromatic nitrogens is 1. The van der Waals surface area contributed by atoms with E-state index in [-0.39, 0.29) is 6.42 Å². The number of pyridine rings is 1. The van der Waals surface area contributed by atoms with Crippen LogP contribution < -0.4 is 0 Å². The standard InChI is InChI=1S/C19H28N2O4/c22-18(23)7-6-16-4-1-5-17(20-16)15-3-2-10-21(13-15)14-19(24)8-11-25-12-9-19/h1,4-5,15,24H,2-3,6-14H2,(H,22,23)/t15-/m0/s1. The number of piperidine rings is 1. The van der Waals surface area contributed by atoms with Gasteiger partial charge in [0.15, 0.2) is 0 Å². The van der Waals surface area contributed by atoms with E-state index in [4.69, 9.17) is 14.8 Å². The van der Waals surface area contributed by atoms with Crippen molar-refractivity contribution in [3.8, 4) is 0 Å². The van der Waals surface area contributed by atoms with E-state index in [0.717, 1.165) is 37.3 Å². The summed E-state index contributed by atoms with van der Waals surface area (Å²) in [6.45, 7) is 3.89. The van der Waals surface area contributed by atoms with Crippen LogP contribution in [0, 0.1) is 0 Å². The van der Waals surface area contributed by atoms with Crippen LogP contribution >= 0.6 is 0 Å². The van der Waals surface area contributed by atoms with E-state index in [2.05, 4.69) is 4.90 Å². The van der Waals surface area contributed by atoms with Gasteiger partial charge in [-0.1, -0.05) is 6.07 Å². The maximum Gasteiger partial charge on any atom is 0.303 e. The predicted molar refractivity (Wildman–Crippen MR) is 93.6 cm³/mol. The molecular formula is C19H28N2O4. The van der Waals surface area contributed by atoms with Crippen LogP contribution in [0.4, 0.5) is 0 Å². The maximum absolute atomic E-state index is 10.8. The Balaban J connectivity index is 1.61. The molecule has 6 nitrogen and oxygen atoms in total. The summed E-state index contributed by atoms with van der Waals surface area (Å²) in [5, 5.41) is 19.6. The number of carboxylic acid groups (broad SMARTS) is 1. The summed E-state index contributed by atoms with van der Waals surface area (Å²) in [5.74, 6) is -0.442. The molecule has 0 amide bonds. The van der Waals surface area contributed by atoms with Crippen LogP contribution in [0.25, 0.3) is 0 Å². The SMILES string of the molecule is O=C(O)CCc1cccc([C@H]2CCCN(CC3(O)CCOCC3)C2)n1. The topological polar surface area (TPSA) is 82.9 Å². The minimum absolute atomic E-state index is 0.113. The van der Waals surface area contributed by atoms with Crippen molar-refractivity contribution in [2.24, 2.45) is 0 Å². The van der Waals surface area contributed by atoms with Gasteiger partial charge in [0.05, 0.1) is 12.0 Å². The summed E-state index contributed by atoms with van der Waals surface area (Å²) in [7, 11) is 0. The smallest absolute Gasteiger partial charge is 0.303 e. The Bertz CT molecular complexity index is 587. The number of hydrogen-bond acceptors (Lipinski definition) is 5. The summed E-state index contributed by atoms with van der Waals surface area (Å²) in [6.07, 6.45) is 4.18. The van der Waals surface area contributed by atoms with Crippen molar-refractivity contribution in [1.82, 2.24) is 9.88 Å². The van der Waals surface area contributed by atoms with E-state index in [1.807, 2.05) is 18.2 Å². The van der Waals surface area contributed by atoms with Crippen LogP contribution in [0.15, 0.2) is 18.2 Å². The lowest BCUT2D eigenvalue weighted by molar-refractivity contribution is -0.136. The average Bonchev–Trinajstić information content (AvgIpc) is 2.61. The second kappa shape index (κ2) is 8.25. The lowest BCUT2D eigenvalue weighted by Crippen LogP contribution is -2.49. The fourth-order valence-corrected chi connectivity index (χ4v) is 3.87. The molecule has 2 N–H and O–H groups in total. The molecule has 0 spiro atoms. The number of β-amino-alcohol motifs (C(OH)–C–C–N with tert-alkyl or cyclic N) is 1. The number of ether oxygens (including phenoxy) is 1. The Hall–Kier alpha value is -1.50. The van der Waals surface area contributed by atoms with Crippen LogP contribution in [0.1, 0.15) is 49.4 Å². The average molecular weight is 348 g/mol. The van der Waals surface area contributed by atoms with Crippen molar-refractivity contribution in [2.45, 2.75) is 50.0 Å². The lowest BCUT2D eigenvalue weighted by atomic mass is 9.90. The summed E-state index contributed by atoms with van der Waals surface area (Å²) < 4.78 is 5.37. The highest BCUT2D eigenvalue weighted by Crippen LogP contribution is 2.29. The Morgan fingerprint density at radius 1 is 1.36 bits per heavy atom. The van der Waals surface area contributed by atoms with Crippen molar-refractivity contribution in [1.29, 1.82) is 0 Å². The molecule has 6 heteroatoms. The molecule has 0 unspecified atom stereocenters. The van der Waals surface area contributed by atoms with E-state index in [0.29, 0.717) is 44.9 Å². The number of aliphatic carboxylic acids is 1. The van der Waals surface area contributed by atoms with E-state index >= 15 is 0 Å². The van der Waals surface area contributed by atoms with E-state index in [9.17, 15) is 9.90 Å². The minimum atomic E-state index is -0.791. The minimum Gasteiger partial charge on any atom is -0.481 e. The first-order chi connectivity index (χ1) is 12.0. The third-order valence-electron chi connectivity index (χ3n) is 5.29. The molecule has 0 bridgehead atoms. The Kier molecular flexibility index (Phi) is 6.04. The fraction of sp³-hybridized carbons (Fsp3) is 0.684. The van der Waals surface area contributed by atoms with E-state index < -0.39 is 11.6 Å². The van der Waals surface area contributed by atoms with Gasteiger partial charge in [0.2, 0.25) is 0 Å². The number of carboxylic acids is 1. The quantitative estimate of drug-likeness (QED) is 0.816. The van der Waals surface area contributed by atoms with E-state index in [1.54, 1.807) is 0 Å². The third-order valence-corrected chi connectivity index (χ3v) is 5.29. The molecule has 1 atom stereocenters. The summed E-state index contributed by atoms with van der Waals surface area (Å²) in [6, 6.07) is 5.92. The lowest BCUT2D eigenvalue weighted by Gasteiger charge is -2.40. The predicted octanol–water partition coefficient (Wildman–Crippen LogP) is 1.82. The zero-order valence-corrected chi connectivity index (χ0v) is 14.7. The number of likely N-dealkylation sites (tertiary alicyclic amines) is 1. The molecule has 2 saturated heterocycles. The Morgan fingerprint density at radius 2 is 2.16 bits per heavy atom. The van der Waals surface area contributed by atoms with Gasteiger partial charge in [-0.3, -0.25) is 14.7 Å². The first kappa shape index (κ1) is 18.3. The maximum atomic E-state index is 10.8. The molecule has 0 aromatic carbocycles. The highest BCUT2D eigenvalue weighted by molar-refractivity contribution is 5.66. The van der Waals surface area contributed by atoms with Gasteiger partial charge in [-0.15, -0.1) is 0 Å². The second-order valence-corrected chi connectivity index (χ2v) is 7.36. The highest BCUT2D eigenvalue weighted by Gasteiger charge is 2.34. The van der Waals surface area contributed by atoms with Crippen molar-refractivity contribution >= 4 is 5.97 Å². The molecule has 1 aromatic rings. The zero-order valence-electron chi connectivity index (χ0n) is 14.7. The monoisotopic (exact) mass is 348 g/mol. The summed E-state index contributed by atoms with van der Waals surface area (Å²) in [4.78, 5) is 17.8. The fourth-order valence-electron chi connectivity index (χ4n) is 3.87. The normalized spacial score (nSPS) is 24.1.